The molecule has 1 atom stereocenters. The lowest BCUT2D eigenvalue weighted by Gasteiger charge is -2.22. The third-order valence-corrected chi connectivity index (χ3v) is 4.58. The van der Waals surface area contributed by atoms with Gasteiger partial charge in [0.05, 0.1) is 5.02 Å². The largest absolute Gasteiger partial charge is 0.368 e. The molecule has 6 heteroatoms. The van der Waals surface area contributed by atoms with Crippen LogP contribution in [0.15, 0.2) is 18.2 Å². The Bertz CT molecular complexity index is 507. The molecule has 1 aliphatic heterocycles. The zero-order chi connectivity index (χ0) is 13.3. The number of hydrogen-bond acceptors (Lipinski definition) is 2. The van der Waals surface area contributed by atoms with Crippen LogP contribution in [0.4, 0.5) is 0 Å². The predicted molar refractivity (Wildman–Crippen MR) is 77.4 cm³/mol. The predicted octanol–water partition coefficient (Wildman–Crippen LogP) is 2.03. The number of nitrogens with two attached hydrogens (primary N) is 1. The second-order valence-electron chi connectivity index (χ2n) is 4.19. The number of carbonyl (C=O) groups excluding carboxylic acids is 2. The van der Waals surface area contributed by atoms with Crippen molar-refractivity contribution in [2.24, 2.45) is 5.73 Å². The Morgan fingerprint density at radius 3 is 2.78 bits per heavy atom. The van der Waals surface area contributed by atoms with Crippen molar-refractivity contribution in [3.05, 3.63) is 32.4 Å². The molecule has 2 N–H and O–H groups in total. The minimum absolute atomic E-state index is 0.186. The first-order valence-electron chi connectivity index (χ1n) is 5.56. The van der Waals surface area contributed by atoms with Gasteiger partial charge < -0.3 is 10.6 Å². The van der Waals surface area contributed by atoms with Gasteiger partial charge in [0.2, 0.25) is 5.91 Å². The van der Waals surface area contributed by atoms with Crippen LogP contribution in [0.25, 0.3) is 0 Å². The van der Waals surface area contributed by atoms with E-state index in [2.05, 4.69) is 22.6 Å². The van der Waals surface area contributed by atoms with Crippen molar-refractivity contribution in [2.45, 2.75) is 18.9 Å². The fourth-order valence-electron chi connectivity index (χ4n) is 2.10. The minimum atomic E-state index is -0.490. The lowest BCUT2D eigenvalue weighted by atomic mass is 10.1. The molecule has 1 fully saturated rings. The van der Waals surface area contributed by atoms with Gasteiger partial charge in [0.25, 0.3) is 5.91 Å². The van der Waals surface area contributed by atoms with E-state index >= 15 is 0 Å². The highest BCUT2D eigenvalue weighted by atomic mass is 127. The molecule has 1 aromatic carbocycles. The van der Waals surface area contributed by atoms with Crippen LogP contribution in [-0.4, -0.2) is 29.3 Å². The molecule has 1 aromatic rings. The van der Waals surface area contributed by atoms with Crippen LogP contribution in [0, 0.1) is 3.57 Å². The molecule has 0 aliphatic carbocycles. The van der Waals surface area contributed by atoms with Gasteiger partial charge >= 0.3 is 0 Å². The minimum Gasteiger partial charge on any atom is -0.368 e. The van der Waals surface area contributed by atoms with E-state index in [4.69, 9.17) is 17.3 Å². The van der Waals surface area contributed by atoms with E-state index in [1.807, 2.05) is 0 Å². The molecule has 2 amide bonds. The SMILES string of the molecule is NC(=O)C1CCCN1C(=O)c1ccc(I)c(Cl)c1. The molecule has 0 aromatic heterocycles. The Morgan fingerprint density at radius 2 is 2.17 bits per heavy atom. The molecule has 18 heavy (non-hydrogen) atoms. The molecule has 1 saturated heterocycles. The van der Waals surface area contributed by atoms with Crippen molar-refractivity contribution in [1.82, 2.24) is 4.90 Å². The number of halogens is 2. The lowest BCUT2D eigenvalue weighted by Crippen LogP contribution is -2.43. The van der Waals surface area contributed by atoms with Crippen LogP contribution in [0.1, 0.15) is 23.2 Å². The average molecular weight is 379 g/mol. The Hall–Kier alpha value is -0.820. The molecule has 96 valence electrons. The first-order chi connectivity index (χ1) is 8.50. The van der Waals surface area contributed by atoms with Crippen LogP contribution < -0.4 is 5.73 Å². The van der Waals surface area contributed by atoms with Gasteiger partial charge in [-0.2, -0.15) is 0 Å². The summed E-state index contributed by atoms with van der Waals surface area (Å²) >= 11 is 8.09. The average Bonchev–Trinajstić information content (AvgIpc) is 2.81. The van der Waals surface area contributed by atoms with Crippen LogP contribution >= 0.6 is 34.2 Å². The van der Waals surface area contributed by atoms with E-state index in [1.165, 1.54) is 4.90 Å². The third kappa shape index (κ3) is 2.61. The van der Waals surface area contributed by atoms with E-state index < -0.39 is 11.9 Å². The number of nitrogens with zero attached hydrogens (tertiary/aromatic N) is 1. The number of primary amides is 1. The standard InChI is InChI=1S/C12H12ClIN2O2/c13-8-6-7(3-4-9(8)14)12(18)16-5-1-2-10(16)11(15)17/h3-4,6,10H,1-2,5H2,(H2,15,17). The van der Waals surface area contributed by atoms with Crippen molar-refractivity contribution in [3.8, 4) is 0 Å². The van der Waals surface area contributed by atoms with Gasteiger partial charge in [-0.15, -0.1) is 0 Å². The molecule has 1 unspecified atom stereocenters. The summed E-state index contributed by atoms with van der Waals surface area (Å²) in [7, 11) is 0. The smallest absolute Gasteiger partial charge is 0.254 e. The monoisotopic (exact) mass is 378 g/mol. The Labute approximate surface area is 124 Å². The van der Waals surface area contributed by atoms with Crippen LogP contribution in [-0.2, 0) is 4.79 Å². The van der Waals surface area contributed by atoms with Crippen molar-refractivity contribution < 1.29 is 9.59 Å². The summed E-state index contributed by atoms with van der Waals surface area (Å²) in [5.74, 6) is -0.632. The molecule has 1 aliphatic rings. The fourth-order valence-corrected chi connectivity index (χ4v) is 2.62. The molecule has 4 nitrogen and oxygen atoms in total. The summed E-state index contributed by atoms with van der Waals surface area (Å²) in [6.07, 6.45) is 1.44. The number of amides is 2. The molecule has 0 spiro atoms. The molecule has 0 radical (unpaired) electrons. The van der Waals surface area contributed by atoms with Crippen LogP contribution in [0.5, 0.6) is 0 Å². The number of rotatable bonds is 2. The van der Waals surface area contributed by atoms with Gasteiger partial charge in [0.15, 0.2) is 0 Å². The summed E-state index contributed by atoms with van der Waals surface area (Å²) in [4.78, 5) is 25.1. The molecule has 2 rings (SSSR count). The van der Waals surface area contributed by atoms with Gasteiger partial charge in [-0.3, -0.25) is 9.59 Å². The van der Waals surface area contributed by atoms with E-state index in [9.17, 15) is 9.59 Å². The second kappa shape index (κ2) is 5.44. The van der Waals surface area contributed by atoms with Crippen molar-refractivity contribution in [1.29, 1.82) is 0 Å². The Morgan fingerprint density at radius 1 is 1.44 bits per heavy atom. The number of benzene rings is 1. The zero-order valence-electron chi connectivity index (χ0n) is 9.53. The number of hydrogen-bond donors (Lipinski definition) is 1. The highest BCUT2D eigenvalue weighted by Gasteiger charge is 2.33. The van der Waals surface area contributed by atoms with E-state index in [0.717, 1.165) is 9.99 Å². The van der Waals surface area contributed by atoms with Gasteiger partial charge in [-0.05, 0) is 53.6 Å². The molecule has 1 heterocycles. The van der Waals surface area contributed by atoms with Gasteiger partial charge in [0.1, 0.15) is 6.04 Å². The first-order valence-corrected chi connectivity index (χ1v) is 7.01. The lowest BCUT2D eigenvalue weighted by molar-refractivity contribution is -0.121. The quantitative estimate of drug-likeness (QED) is 0.801. The van der Waals surface area contributed by atoms with Crippen molar-refractivity contribution >= 4 is 46.0 Å². The highest BCUT2D eigenvalue weighted by molar-refractivity contribution is 14.1. The summed E-state index contributed by atoms with van der Waals surface area (Å²) in [5, 5.41) is 0.538. The zero-order valence-corrected chi connectivity index (χ0v) is 12.4. The maximum Gasteiger partial charge on any atom is 0.254 e. The molecular formula is C12H12ClIN2O2. The van der Waals surface area contributed by atoms with Crippen LogP contribution in [0.2, 0.25) is 5.02 Å². The normalized spacial score (nSPS) is 19.0. The van der Waals surface area contributed by atoms with Gasteiger partial charge in [-0.1, -0.05) is 11.6 Å². The molecular weight excluding hydrogens is 367 g/mol. The first kappa shape index (κ1) is 13.6. The Balaban J connectivity index is 2.25. The summed E-state index contributed by atoms with van der Waals surface area (Å²) < 4.78 is 0.888. The summed E-state index contributed by atoms with van der Waals surface area (Å²) in [6.45, 7) is 0.566. The maximum atomic E-state index is 12.3. The number of likely N-dealkylation sites (tertiary alicyclic amines) is 1. The van der Waals surface area contributed by atoms with Gasteiger partial charge in [0, 0.05) is 15.7 Å². The molecule has 0 bridgehead atoms. The number of carbonyl (C=O) groups is 2. The molecule has 0 saturated carbocycles. The van der Waals surface area contributed by atoms with E-state index in [0.29, 0.717) is 23.6 Å². The van der Waals surface area contributed by atoms with Crippen molar-refractivity contribution in [3.63, 3.8) is 0 Å². The third-order valence-electron chi connectivity index (χ3n) is 3.01. The maximum absolute atomic E-state index is 12.3. The summed E-state index contributed by atoms with van der Waals surface area (Å²) in [5.41, 5.74) is 5.79. The second-order valence-corrected chi connectivity index (χ2v) is 5.76. The van der Waals surface area contributed by atoms with E-state index in [1.54, 1.807) is 18.2 Å². The van der Waals surface area contributed by atoms with E-state index in [-0.39, 0.29) is 5.91 Å². The van der Waals surface area contributed by atoms with Crippen molar-refractivity contribution in [2.75, 3.05) is 6.54 Å². The van der Waals surface area contributed by atoms with Crippen LogP contribution in [0.3, 0.4) is 0 Å². The fraction of sp³-hybridized carbons (Fsp3) is 0.333. The Kier molecular flexibility index (Phi) is 4.11. The topological polar surface area (TPSA) is 63.4 Å². The summed E-state index contributed by atoms with van der Waals surface area (Å²) in [6, 6.07) is 4.63. The van der Waals surface area contributed by atoms with Gasteiger partial charge in [-0.25, -0.2) is 0 Å². The highest BCUT2D eigenvalue weighted by Crippen LogP contribution is 2.23.